The average molecular weight is 168 g/mol. The normalized spacial score (nSPS) is 8.50. The monoisotopic (exact) mass is 168 g/mol. The standard InChI is InChI=1S/C4H4N2O3.K.H/c1-2-5-6-3(9-2)4(7)8;;/h1H3,(H,7,8);;. The predicted molar refractivity (Wildman–Crippen MR) is 33.1 cm³/mol. The first-order valence-corrected chi connectivity index (χ1v) is 2.23. The third-order valence-electron chi connectivity index (χ3n) is 0.709. The van der Waals surface area contributed by atoms with Gasteiger partial charge in [-0.1, -0.05) is 0 Å². The first-order valence-electron chi connectivity index (χ1n) is 2.23. The van der Waals surface area contributed by atoms with E-state index in [-0.39, 0.29) is 63.2 Å². The van der Waals surface area contributed by atoms with Crippen molar-refractivity contribution in [3.05, 3.63) is 11.8 Å². The van der Waals surface area contributed by atoms with Crippen molar-refractivity contribution in [1.29, 1.82) is 0 Å². The predicted octanol–water partition coefficient (Wildman–Crippen LogP) is -0.572. The number of hydrogen-bond donors (Lipinski definition) is 1. The zero-order valence-corrected chi connectivity index (χ0v) is 4.66. The fourth-order valence-electron chi connectivity index (χ4n) is 0.383. The second-order valence-electron chi connectivity index (χ2n) is 1.43. The summed E-state index contributed by atoms with van der Waals surface area (Å²) in [7, 11) is 0. The molecular formula is C4H5KN2O3. The van der Waals surface area contributed by atoms with Crippen LogP contribution in [0.3, 0.4) is 0 Å². The van der Waals surface area contributed by atoms with Crippen LogP contribution in [-0.4, -0.2) is 72.7 Å². The van der Waals surface area contributed by atoms with E-state index < -0.39 is 5.97 Å². The Morgan fingerprint density at radius 1 is 1.60 bits per heavy atom. The molecule has 0 fully saturated rings. The van der Waals surface area contributed by atoms with Crippen LogP contribution < -0.4 is 0 Å². The van der Waals surface area contributed by atoms with Crippen LogP contribution in [-0.2, 0) is 0 Å². The molecule has 1 aromatic rings. The summed E-state index contributed by atoms with van der Waals surface area (Å²) in [5.74, 6) is -1.31. The molecule has 0 spiro atoms. The van der Waals surface area contributed by atoms with E-state index in [2.05, 4.69) is 14.6 Å². The summed E-state index contributed by atoms with van der Waals surface area (Å²) >= 11 is 0. The van der Waals surface area contributed by atoms with E-state index in [9.17, 15) is 4.79 Å². The molecule has 0 amide bonds. The Labute approximate surface area is 99.2 Å². The van der Waals surface area contributed by atoms with Gasteiger partial charge in [0.25, 0.3) is 0 Å². The molecular weight excluding hydrogens is 163 g/mol. The molecule has 0 aliphatic rings. The minimum atomic E-state index is -1.20. The number of aromatic carboxylic acids is 1. The Morgan fingerprint density at radius 3 is 2.40 bits per heavy atom. The van der Waals surface area contributed by atoms with Gasteiger partial charge in [-0.15, -0.1) is 10.2 Å². The summed E-state index contributed by atoms with van der Waals surface area (Å²) < 4.78 is 4.52. The zero-order valence-electron chi connectivity index (χ0n) is 4.66. The fraction of sp³-hybridized carbons (Fsp3) is 0.250. The van der Waals surface area contributed by atoms with Gasteiger partial charge in [0, 0.05) is 6.92 Å². The Morgan fingerprint density at radius 2 is 2.20 bits per heavy atom. The van der Waals surface area contributed by atoms with Crippen molar-refractivity contribution < 1.29 is 14.3 Å². The Hall–Kier alpha value is 0.246. The molecule has 10 heavy (non-hydrogen) atoms. The van der Waals surface area contributed by atoms with Gasteiger partial charge in [-0.05, 0) is 0 Å². The van der Waals surface area contributed by atoms with Gasteiger partial charge in [-0.3, -0.25) is 0 Å². The van der Waals surface area contributed by atoms with Crippen LogP contribution in [0.2, 0.25) is 0 Å². The van der Waals surface area contributed by atoms with Gasteiger partial charge < -0.3 is 9.52 Å². The summed E-state index contributed by atoms with van der Waals surface area (Å²) in [6, 6.07) is 0. The number of nitrogens with zero attached hydrogens (tertiary/aromatic N) is 2. The molecule has 0 aliphatic heterocycles. The molecule has 1 aromatic heterocycles. The second-order valence-corrected chi connectivity index (χ2v) is 1.43. The van der Waals surface area contributed by atoms with Gasteiger partial charge in [-0.2, -0.15) is 0 Å². The van der Waals surface area contributed by atoms with Gasteiger partial charge in [-0.25, -0.2) is 4.79 Å². The van der Waals surface area contributed by atoms with Crippen LogP contribution in [0.5, 0.6) is 0 Å². The molecule has 0 unspecified atom stereocenters. The van der Waals surface area contributed by atoms with Crippen LogP contribution in [0, 0.1) is 6.92 Å². The first kappa shape index (κ1) is 10.2. The summed E-state index contributed by atoms with van der Waals surface area (Å²) in [5, 5.41) is 14.7. The van der Waals surface area contributed by atoms with Crippen molar-refractivity contribution >= 4 is 57.4 Å². The second kappa shape index (κ2) is 4.19. The van der Waals surface area contributed by atoms with E-state index in [1.54, 1.807) is 0 Å². The van der Waals surface area contributed by atoms with Crippen molar-refractivity contribution in [2.45, 2.75) is 6.92 Å². The molecule has 5 nitrogen and oxygen atoms in total. The van der Waals surface area contributed by atoms with Gasteiger partial charge in [0.1, 0.15) is 0 Å². The molecule has 1 N–H and O–H groups in total. The molecule has 0 radical (unpaired) electrons. The third-order valence-corrected chi connectivity index (χ3v) is 0.709. The van der Waals surface area contributed by atoms with E-state index in [1.165, 1.54) is 6.92 Å². The number of carbonyl (C=O) groups is 1. The molecule has 0 atom stereocenters. The topological polar surface area (TPSA) is 76.2 Å². The summed E-state index contributed by atoms with van der Waals surface area (Å²) in [5.41, 5.74) is 0. The summed E-state index contributed by atoms with van der Waals surface area (Å²) in [6.45, 7) is 1.53. The Bertz CT molecular complexity index is 234. The number of aromatic nitrogens is 2. The first-order chi connectivity index (χ1) is 4.20. The van der Waals surface area contributed by atoms with E-state index in [4.69, 9.17) is 5.11 Å². The number of rotatable bonds is 1. The summed E-state index contributed by atoms with van der Waals surface area (Å²) in [6.07, 6.45) is 0. The van der Waals surface area contributed by atoms with Gasteiger partial charge in [0.15, 0.2) is 0 Å². The molecule has 0 saturated carbocycles. The molecule has 1 heterocycles. The molecule has 0 aliphatic carbocycles. The van der Waals surface area contributed by atoms with Crippen molar-refractivity contribution in [3.8, 4) is 0 Å². The molecule has 0 bridgehead atoms. The van der Waals surface area contributed by atoms with E-state index in [0.717, 1.165) is 0 Å². The van der Waals surface area contributed by atoms with Crippen LogP contribution in [0.15, 0.2) is 4.42 Å². The van der Waals surface area contributed by atoms with Crippen LogP contribution >= 0.6 is 0 Å². The number of carboxylic acids is 1. The Balaban J connectivity index is 0.000000810. The molecule has 0 saturated heterocycles. The maximum absolute atomic E-state index is 10.0. The molecule has 50 valence electrons. The number of hydrogen-bond acceptors (Lipinski definition) is 4. The zero-order chi connectivity index (χ0) is 6.85. The van der Waals surface area contributed by atoms with Gasteiger partial charge >= 0.3 is 63.2 Å². The van der Waals surface area contributed by atoms with Gasteiger partial charge in [0.05, 0.1) is 0 Å². The molecule has 1 rings (SSSR count). The van der Waals surface area contributed by atoms with Crippen molar-refractivity contribution in [1.82, 2.24) is 10.2 Å². The Kier molecular flexibility index (Phi) is 4.30. The maximum atomic E-state index is 10.0. The van der Waals surface area contributed by atoms with Crippen LogP contribution in [0.4, 0.5) is 0 Å². The minimum absolute atomic E-state index is 0. The van der Waals surface area contributed by atoms with Crippen LogP contribution in [0.25, 0.3) is 0 Å². The van der Waals surface area contributed by atoms with Crippen molar-refractivity contribution in [3.63, 3.8) is 0 Å². The third kappa shape index (κ3) is 2.47. The van der Waals surface area contributed by atoms with Crippen LogP contribution in [0.1, 0.15) is 16.6 Å². The van der Waals surface area contributed by atoms with E-state index in [1.807, 2.05) is 0 Å². The number of aryl methyl sites for hydroxylation is 1. The SMILES string of the molecule is Cc1nnc(C(=O)O)o1.[KH]. The average Bonchev–Trinajstić information content (AvgIpc) is 2.14. The fourth-order valence-corrected chi connectivity index (χ4v) is 0.383. The van der Waals surface area contributed by atoms with E-state index >= 15 is 0 Å². The molecule has 6 heteroatoms. The molecule has 0 aromatic carbocycles. The number of carboxylic acid groups (broad SMARTS) is 1. The van der Waals surface area contributed by atoms with E-state index in [0.29, 0.717) is 0 Å². The van der Waals surface area contributed by atoms with Crippen molar-refractivity contribution in [2.24, 2.45) is 0 Å². The quantitative estimate of drug-likeness (QED) is 0.568. The van der Waals surface area contributed by atoms with Crippen molar-refractivity contribution in [2.75, 3.05) is 0 Å². The van der Waals surface area contributed by atoms with Gasteiger partial charge in [0.2, 0.25) is 5.89 Å². The summed E-state index contributed by atoms with van der Waals surface area (Å²) in [4.78, 5) is 10.0.